The van der Waals surface area contributed by atoms with Crippen molar-refractivity contribution >= 4 is 11.9 Å². The number of imidazole rings is 1. The molecule has 1 aromatic heterocycles. The molecule has 1 atom stereocenters. The van der Waals surface area contributed by atoms with Crippen molar-refractivity contribution < 1.29 is 14.3 Å². The topological polar surface area (TPSA) is 73.2 Å². The van der Waals surface area contributed by atoms with Gasteiger partial charge >= 0.3 is 5.97 Å². The fraction of sp³-hybridized carbons (Fsp3) is 0.643. The van der Waals surface area contributed by atoms with Crippen LogP contribution in [0.2, 0.25) is 0 Å². The average molecular weight is 279 g/mol. The molecule has 1 aromatic rings. The maximum Gasteiger partial charge on any atom is 0.331 e. The van der Waals surface area contributed by atoms with E-state index in [1.165, 1.54) is 7.11 Å². The summed E-state index contributed by atoms with van der Waals surface area (Å²) < 4.78 is 6.60. The number of hydrogen-bond donors (Lipinski definition) is 1. The molecule has 110 valence electrons. The van der Waals surface area contributed by atoms with Crippen molar-refractivity contribution in [3.63, 3.8) is 0 Å². The predicted molar refractivity (Wildman–Crippen MR) is 72.9 cm³/mol. The SMILES string of the molecule is COC(=O)C1(NC(=O)C(C)n2ccnc2)CCCCC1. The first kappa shape index (κ1) is 14.6. The largest absolute Gasteiger partial charge is 0.467 e. The number of methoxy groups -OCH3 is 1. The van der Waals surface area contributed by atoms with Gasteiger partial charge in [0.2, 0.25) is 5.91 Å². The first-order chi connectivity index (χ1) is 9.59. The maximum atomic E-state index is 12.4. The van der Waals surface area contributed by atoms with Crippen LogP contribution in [0.1, 0.15) is 45.1 Å². The maximum absolute atomic E-state index is 12.4. The Hall–Kier alpha value is -1.85. The monoisotopic (exact) mass is 279 g/mol. The predicted octanol–water partition coefficient (Wildman–Crippen LogP) is 1.44. The van der Waals surface area contributed by atoms with Crippen molar-refractivity contribution in [1.29, 1.82) is 0 Å². The highest BCUT2D eigenvalue weighted by Crippen LogP contribution is 2.30. The molecule has 0 aliphatic heterocycles. The molecule has 1 aliphatic carbocycles. The summed E-state index contributed by atoms with van der Waals surface area (Å²) in [6, 6.07) is -0.402. The van der Waals surface area contributed by atoms with Crippen LogP contribution in [-0.4, -0.2) is 34.1 Å². The minimum Gasteiger partial charge on any atom is -0.467 e. The molecule has 0 spiro atoms. The Labute approximate surface area is 118 Å². The molecule has 1 saturated carbocycles. The molecule has 1 aliphatic rings. The van der Waals surface area contributed by atoms with Crippen molar-refractivity contribution in [3.05, 3.63) is 18.7 Å². The highest BCUT2D eigenvalue weighted by atomic mass is 16.5. The smallest absolute Gasteiger partial charge is 0.331 e. The highest BCUT2D eigenvalue weighted by Gasteiger charge is 2.42. The van der Waals surface area contributed by atoms with Gasteiger partial charge in [-0.2, -0.15) is 0 Å². The molecule has 1 fully saturated rings. The molecule has 0 radical (unpaired) electrons. The fourth-order valence-electron chi connectivity index (χ4n) is 2.71. The molecule has 1 unspecified atom stereocenters. The number of carbonyl (C=O) groups is 2. The Morgan fingerprint density at radius 1 is 1.35 bits per heavy atom. The van der Waals surface area contributed by atoms with Crippen LogP contribution in [0.5, 0.6) is 0 Å². The van der Waals surface area contributed by atoms with E-state index in [1.807, 2.05) is 0 Å². The van der Waals surface area contributed by atoms with E-state index in [2.05, 4.69) is 10.3 Å². The normalized spacial score (nSPS) is 19.1. The standard InChI is InChI=1S/C14H21N3O3/c1-11(17-9-8-15-10-17)12(18)16-14(13(19)20-2)6-4-3-5-7-14/h8-11H,3-7H2,1-2H3,(H,16,18). The Morgan fingerprint density at radius 3 is 2.60 bits per heavy atom. The van der Waals surface area contributed by atoms with Crippen LogP contribution in [0.15, 0.2) is 18.7 Å². The van der Waals surface area contributed by atoms with E-state index in [0.29, 0.717) is 12.8 Å². The summed E-state index contributed by atoms with van der Waals surface area (Å²) in [4.78, 5) is 28.4. The van der Waals surface area contributed by atoms with Crippen LogP contribution in [0.25, 0.3) is 0 Å². The molecule has 20 heavy (non-hydrogen) atoms. The van der Waals surface area contributed by atoms with E-state index >= 15 is 0 Å². The van der Waals surface area contributed by atoms with Gasteiger partial charge in [0.05, 0.1) is 13.4 Å². The number of amides is 1. The van der Waals surface area contributed by atoms with E-state index in [9.17, 15) is 9.59 Å². The van der Waals surface area contributed by atoms with Crippen molar-refractivity contribution in [1.82, 2.24) is 14.9 Å². The number of ether oxygens (including phenoxy) is 1. The van der Waals surface area contributed by atoms with Crippen LogP contribution in [0.4, 0.5) is 0 Å². The van der Waals surface area contributed by atoms with Gasteiger partial charge in [-0.05, 0) is 19.8 Å². The van der Waals surface area contributed by atoms with Gasteiger partial charge in [-0.25, -0.2) is 9.78 Å². The lowest BCUT2D eigenvalue weighted by Gasteiger charge is -2.36. The summed E-state index contributed by atoms with van der Waals surface area (Å²) in [5, 5.41) is 2.91. The fourth-order valence-corrected chi connectivity index (χ4v) is 2.71. The van der Waals surface area contributed by atoms with E-state index in [1.54, 1.807) is 30.2 Å². The molecular formula is C14H21N3O3. The van der Waals surface area contributed by atoms with E-state index in [0.717, 1.165) is 19.3 Å². The quantitative estimate of drug-likeness (QED) is 0.846. The minimum atomic E-state index is -0.862. The zero-order chi connectivity index (χ0) is 14.6. The molecule has 1 amide bonds. The Bertz CT molecular complexity index is 464. The lowest BCUT2D eigenvalue weighted by molar-refractivity contribution is -0.153. The summed E-state index contributed by atoms with van der Waals surface area (Å²) >= 11 is 0. The first-order valence-corrected chi connectivity index (χ1v) is 6.97. The number of aromatic nitrogens is 2. The molecule has 0 aromatic carbocycles. The second-order valence-electron chi connectivity index (χ2n) is 5.31. The zero-order valence-electron chi connectivity index (χ0n) is 12.0. The molecule has 1 N–H and O–H groups in total. The third-order valence-electron chi connectivity index (χ3n) is 4.00. The van der Waals surface area contributed by atoms with Crippen LogP contribution in [-0.2, 0) is 14.3 Å². The van der Waals surface area contributed by atoms with Gasteiger partial charge in [0.15, 0.2) is 0 Å². The van der Waals surface area contributed by atoms with E-state index in [4.69, 9.17) is 4.74 Å². The van der Waals surface area contributed by atoms with Gasteiger partial charge < -0.3 is 14.6 Å². The molecule has 0 bridgehead atoms. The molecule has 2 rings (SSSR count). The summed E-state index contributed by atoms with van der Waals surface area (Å²) in [5.41, 5.74) is -0.862. The van der Waals surface area contributed by atoms with Crippen LogP contribution >= 0.6 is 0 Å². The lowest BCUT2D eigenvalue weighted by Crippen LogP contribution is -2.57. The van der Waals surface area contributed by atoms with E-state index < -0.39 is 11.6 Å². The summed E-state index contributed by atoms with van der Waals surface area (Å²) in [5.74, 6) is -0.529. The Balaban J connectivity index is 2.11. The van der Waals surface area contributed by atoms with Crippen LogP contribution < -0.4 is 5.32 Å². The number of hydrogen-bond acceptors (Lipinski definition) is 4. The lowest BCUT2D eigenvalue weighted by atomic mass is 9.81. The Morgan fingerprint density at radius 2 is 2.05 bits per heavy atom. The Kier molecular flexibility index (Phi) is 4.42. The number of rotatable bonds is 4. The minimum absolute atomic E-state index is 0.185. The third kappa shape index (κ3) is 2.84. The molecule has 1 heterocycles. The number of nitrogens with zero attached hydrogens (tertiary/aromatic N) is 2. The van der Waals surface area contributed by atoms with Gasteiger partial charge in [-0.1, -0.05) is 19.3 Å². The van der Waals surface area contributed by atoms with Gasteiger partial charge in [-0.15, -0.1) is 0 Å². The van der Waals surface area contributed by atoms with Crippen molar-refractivity contribution in [2.24, 2.45) is 0 Å². The van der Waals surface area contributed by atoms with Crippen molar-refractivity contribution in [3.8, 4) is 0 Å². The van der Waals surface area contributed by atoms with Gasteiger partial charge in [0, 0.05) is 12.4 Å². The second-order valence-corrected chi connectivity index (χ2v) is 5.31. The number of carbonyl (C=O) groups excluding carboxylic acids is 2. The van der Waals surface area contributed by atoms with Crippen molar-refractivity contribution in [2.75, 3.05) is 7.11 Å². The van der Waals surface area contributed by atoms with Gasteiger partial charge in [-0.3, -0.25) is 4.79 Å². The molecular weight excluding hydrogens is 258 g/mol. The molecule has 6 nitrogen and oxygen atoms in total. The van der Waals surface area contributed by atoms with Crippen LogP contribution in [0.3, 0.4) is 0 Å². The summed E-state index contributed by atoms with van der Waals surface area (Å²) in [6.45, 7) is 1.78. The highest BCUT2D eigenvalue weighted by molar-refractivity contribution is 5.89. The van der Waals surface area contributed by atoms with E-state index in [-0.39, 0.29) is 11.9 Å². The molecule has 6 heteroatoms. The van der Waals surface area contributed by atoms with Crippen LogP contribution in [0, 0.1) is 0 Å². The van der Waals surface area contributed by atoms with Gasteiger partial charge in [0.1, 0.15) is 11.6 Å². The number of nitrogens with one attached hydrogen (secondary N) is 1. The summed E-state index contributed by atoms with van der Waals surface area (Å²) in [6.07, 6.45) is 9.17. The van der Waals surface area contributed by atoms with Gasteiger partial charge in [0.25, 0.3) is 0 Å². The molecule has 0 saturated heterocycles. The van der Waals surface area contributed by atoms with Crippen molar-refractivity contribution in [2.45, 2.75) is 50.6 Å². The first-order valence-electron chi connectivity index (χ1n) is 6.97. The number of esters is 1. The third-order valence-corrected chi connectivity index (χ3v) is 4.00. The average Bonchev–Trinajstić information content (AvgIpc) is 3.00. The second kappa shape index (κ2) is 6.07. The summed E-state index contributed by atoms with van der Waals surface area (Å²) in [7, 11) is 1.37. The zero-order valence-corrected chi connectivity index (χ0v) is 12.0.